The summed E-state index contributed by atoms with van der Waals surface area (Å²) in [5.74, 6) is -1.68. The van der Waals surface area contributed by atoms with E-state index in [9.17, 15) is 19.8 Å². The molecule has 0 spiro atoms. The van der Waals surface area contributed by atoms with Gasteiger partial charge < -0.3 is 19.4 Å². The first-order valence-electron chi connectivity index (χ1n) is 11.1. The Labute approximate surface area is 182 Å². The van der Waals surface area contributed by atoms with Gasteiger partial charge in [0.1, 0.15) is 5.78 Å². The summed E-state index contributed by atoms with van der Waals surface area (Å²) in [5.41, 5.74) is 2.57. The van der Waals surface area contributed by atoms with Gasteiger partial charge in [0.05, 0.1) is 37.3 Å². The molecule has 2 fully saturated rings. The van der Waals surface area contributed by atoms with Gasteiger partial charge in [0.15, 0.2) is 0 Å². The number of rotatable bonds is 3. The Bertz CT molecular complexity index is 1000. The maximum atomic E-state index is 13.4. The minimum atomic E-state index is -0.957. The molecular formula is C25H30O6. The number of fused-ring (bicyclic) bond motifs is 4. The Morgan fingerprint density at radius 3 is 2.65 bits per heavy atom. The van der Waals surface area contributed by atoms with Crippen molar-refractivity contribution in [2.75, 3.05) is 0 Å². The number of hydrogen-bond donors (Lipinski definition) is 2. The molecule has 8 atom stereocenters. The predicted molar refractivity (Wildman–Crippen MR) is 112 cm³/mol. The summed E-state index contributed by atoms with van der Waals surface area (Å²) in [6, 6.07) is 1.95. The van der Waals surface area contributed by atoms with Gasteiger partial charge in [-0.2, -0.15) is 0 Å². The molecule has 31 heavy (non-hydrogen) atoms. The minimum absolute atomic E-state index is 0.0131. The van der Waals surface area contributed by atoms with Gasteiger partial charge in [-0.15, -0.1) is 0 Å². The highest BCUT2D eigenvalue weighted by molar-refractivity contribution is 5.89. The fraction of sp³-hybridized carbons (Fsp3) is 0.600. The number of aliphatic hydroxyl groups is 1. The van der Waals surface area contributed by atoms with E-state index in [1.165, 1.54) is 0 Å². The van der Waals surface area contributed by atoms with Crippen LogP contribution < -0.4 is 0 Å². The van der Waals surface area contributed by atoms with Crippen LogP contribution in [0.4, 0.5) is 0 Å². The van der Waals surface area contributed by atoms with Crippen LogP contribution in [0.3, 0.4) is 0 Å². The molecule has 1 aromatic rings. The van der Waals surface area contributed by atoms with Gasteiger partial charge in [-0.1, -0.05) is 31.1 Å². The molecular weight excluding hydrogens is 396 g/mol. The summed E-state index contributed by atoms with van der Waals surface area (Å²) in [6.07, 6.45) is 4.59. The van der Waals surface area contributed by atoms with Gasteiger partial charge in [0.2, 0.25) is 0 Å². The number of ether oxygens (including phenoxy) is 1. The number of carbonyl (C=O) groups is 2. The number of carbonyl (C=O) groups excluding carboxylic acids is 1. The number of Topliss-reactive ketones (excluding diaryl/α,β-unsaturated/α-hetero) is 1. The fourth-order valence-electron chi connectivity index (χ4n) is 7.68. The second-order valence-electron chi connectivity index (χ2n) is 10.2. The zero-order valence-corrected chi connectivity index (χ0v) is 18.4. The number of allylic oxidation sites excluding steroid dienone is 2. The molecule has 0 unspecified atom stereocenters. The van der Waals surface area contributed by atoms with Crippen molar-refractivity contribution in [2.24, 2.45) is 22.7 Å². The highest BCUT2D eigenvalue weighted by Gasteiger charge is 2.71. The monoisotopic (exact) mass is 426 g/mol. The van der Waals surface area contributed by atoms with Crippen LogP contribution >= 0.6 is 0 Å². The van der Waals surface area contributed by atoms with Gasteiger partial charge in [-0.25, -0.2) is 0 Å². The minimum Gasteiger partial charge on any atom is -0.481 e. The van der Waals surface area contributed by atoms with Gasteiger partial charge >= 0.3 is 5.97 Å². The number of ketones is 1. The average Bonchev–Trinajstić information content (AvgIpc) is 3.39. The van der Waals surface area contributed by atoms with Crippen molar-refractivity contribution >= 4 is 11.8 Å². The Morgan fingerprint density at radius 2 is 2.00 bits per heavy atom. The standard InChI is InChI=1S/C25H30O6/c1-12-5-6-18(26)24(3)17(10-19(27)28)25(4)21-13(2)15(14-7-8-30-11-14)9-16(21)31-23(25)22(29)20(12)24/h5,7-8,11,15-17,20,22-23,29H,6,9-10H2,1-4H3,(H,27,28)/t15-,16+,17-,20+,22+,23-,24-,25+/m1/s1. The highest BCUT2D eigenvalue weighted by Crippen LogP contribution is 2.68. The number of aliphatic carboxylic acids is 1. The van der Waals surface area contributed by atoms with Crippen LogP contribution in [0, 0.1) is 22.7 Å². The average molecular weight is 427 g/mol. The van der Waals surface area contributed by atoms with Crippen molar-refractivity contribution < 1.29 is 29.0 Å². The van der Waals surface area contributed by atoms with Crippen LogP contribution in [0.2, 0.25) is 0 Å². The second-order valence-corrected chi connectivity index (χ2v) is 10.2. The van der Waals surface area contributed by atoms with Crippen LogP contribution in [-0.2, 0) is 14.3 Å². The van der Waals surface area contributed by atoms with E-state index in [0.717, 1.165) is 28.7 Å². The summed E-state index contributed by atoms with van der Waals surface area (Å²) in [7, 11) is 0. The molecule has 4 aliphatic rings. The van der Waals surface area contributed by atoms with Crippen LogP contribution in [0.15, 0.2) is 45.8 Å². The van der Waals surface area contributed by atoms with E-state index in [1.807, 2.05) is 32.9 Å². The summed E-state index contributed by atoms with van der Waals surface area (Å²) in [5, 5.41) is 21.4. The van der Waals surface area contributed by atoms with E-state index < -0.39 is 40.8 Å². The lowest BCUT2D eigenvalue weighted by Crippen LogP contribution is -2.65. The van der Waals surface area contributed by atoms with Crippen LogP contribution in [0.1, 0.15) is 58.4 Å². The summed E-state index contributed by atoms with van der Waals surface area (Å²) < 4.78 is 11.8. The summed E-state index contributed by atoms with van der Waals surface area (Å²) in [6.45, 7) is 7.92. The molecule has 1 saturated carbocycles. The Kier molecular flexibility index (Phi) is 4.45. The van der Waals surface area contributed by atoms with Crippen molar-refractivity contribution in [2.45, 2.75) is 71.2 Å². The molecule has 166 valence electrons. The molecule has 5 rings (SSSR count). The van der Waals surface area contributed by atoms with Crippen molar-refractivity contribution in [3.8, 4) is 0 Å². The third-order valence-corrected chi connectivity index (χ3v) is 8.97. The first-order chi connectivity index (χ1) is 14.6. The molecule has 0 amide bonds. The van der Waals surface area contributed by atoms with Gasteiger partial charge in [-0.05, 0) is 43.4 Å². The van der Waals surface area contributed by atoms with E-state index in [0.29, 0.717) is 0 Å². The normalized spacial score (nSPS) is 44.0. The molecule has 6 heteroatoms. The van der Waals surface area contributed by atoms with E-state index in [-0.39, 0.29) is 30.6 Å². The van der Waals surface area contributed by atoms with Crippen molar-refractivity contribution in [1.29, 1.82) is 0 Å². The Hall–Kier alpha value is -2.18. The number of hydrogen-bond acceptors (Lipinski definition) is 5. The number of furan rings is 1. The van der Waals surface area contributed by atoms with Crippen LogP contribution in [-0.4, -0.2) is 40.3 Å². The largest absolute Gasteiger partial charge is 0.481 e. The third kappa shape index (κ3) is 2.52. The quantitative estimate of drug-likeness (QED) is 0.713. The smallest absolute Gasteiger partial charge is 0.303 e. The van der Waals surface area contributed by atoms with Crippen LogP contribution in [0.5, 0.6) is 0 Å². The summed E-state index contributed by atoms with van der Waals surface area (Å²) in [4.78, 5) is 25.4. The van der Waals surface area contributed by atoms with Crippen molar-refractivity contribution in [1.82, 2.24) is 0 Å². The van der Waals surface area contributed by atoms with Gasteiger partial charge in [-0.3, -0.25) is 9.59 Å². The van der Waals surface area contributed by atoms with Gasteiger partial charge in [0.25, 0.3) is 0 Å². The third-order valence-electron chi connectivity index (χ3n) is 8.97. The first kappa shape index (κ1) is 20.7. The predicted octanol–water partition coefficient (Wildman–Crippen LogP) is 3.86. The molecule has 0 aromatic carbocycles. The molecule has 1 saturated heterocycles. The molecule has 2 heterocycles. The molecule has 3 aliphatic carbocycles. The first-order valence-corrected chi connectivity index (χ1v) is 11.1. The van der Waals surface area contributed by atoms with Crippen molar-refractivity contribution in [3.05, 3.63) is 47.0 Å². The van der Waals surface area contributed by atoms with Gasteiger partial charge in [0, 0.05) is 29.1 Å². The summed E-state index contributed by atoms with van der Waals surface area (Å²) >= 11 is 0. The zero-order chi connectivity index (χ0) is 22.3. The lowest BCUT2D eigenvalue weighted by Gasteiger charge is -2.59. The van der Waals surface area contributed by atoms with Crippen molar-refractivity contribution in [3.63, 3.8) is 0 Å². The molecule has 0 radical (unpaired) electrons. The maximum absolute atomic E-state index is 13.4. The molecule has 6 nitrogen and oxygen atoms in total. The molecule has 1 aromatic heterocycles. The maximum Gasteiger partial charge on any atom is 0.303 e. The Morgan fingerprint density at radius 1 is 1.26 bits per heavy atom. The van der Waals surface area contributed by atoms with E-state index >= 15 is 0 Å². The highest BCUT2D eigenvalue weighted by atomic mass is 16.5. The number of carboxylic acids is 1. The topological polar surface area (TPSA) is 97.0 Å². The fourth-order valence-corrected chi connectivity index (χ4v) is 7.68. The molecule has 0 bridgehead atoms. The van der Waals surface area contributed by atoms with E-state index in [1.54, 1.807) is 12.5 Å². The van der Waals surface area contributed by atoms with E-state index in [2.05, 4.69) is 6.92 Å². The number of aliphatic hydroxyl groups excluding tert-OH is 1. The second kappa shape index (κ2) is 6.66. The lowest BCUT2D eigenvalue weighted by molar-refractivity contribution is -0.189. The molecule has 1 aliphatic heterocycles. The lowest BCUT2D eigenvalue weighted by atomic mass is 9.44. The van der Waals surface area contributed by atoms with Crippen LogP contribution in [0.25, 0.3) is 0 Å². The SMILES string of the molecule is CC1=CCC(=O)[C@@]2(C)[C@@H](CC(=O)O)[C@@]3(C)C4=C(C)[C@H](c5ccoc5)C[C@@H]4O[C@@H]3[C@@H](O)[C@H]12. The number of carboxylic acid groups (broad SMARTS) is 1. The zero-order valence-electron chi connectivity index (χ0n) is 18.4. The van der Waals surface area contributed by atoms with E-state index in [4.69, 9.17) is 9.15 Å². The Balaban J connectivity index is 1.70. The molecule has 2 N–H and O–H groups in total.